The Morgan fingerprint density at radius 3 is 2.45 bits per heavy atom. The molecule has 3 rings (SSSR count). The third kappa shape index (κ3) is 2.88. The quantitative estimate of drug-likeness (QED) is 0.802. The van der Waals surface area contributed by atoms with Crippen LogP contribution in [0, 0.1) is 0 Å². The summed E-state index contributed by atoms with van der Waals surface area (Å²) in [5, 5.41) is 6.74. The van der Waals surface area contributed by atoms with Gasteiger partial charge in [0.15, 0.2) is 0 Å². The molecule has 1 N–H and O–H groups in total. The Kier molecular flexibility index (Phi) is 3.96. The topological polar surface area (TPSA) is 68.0 Å². The number of carbonyl (C=O) groups is 1. The Labute approximate surface area is 128 Å². The van der Waals surface area contributed by atoms with Gasteiger partial charge >= 0.3 is 0 Å². The highest BCUT2D eigenvalue weighted by atomic mass is 16.5. The van der Waals surface area contributed by atoms with Crippen LogP contribution in [0.25, 0.3) is 22.8 Å². The van der Waals surface area contributed by atoms with Crippen LogP contribution in [-0.2, 0) is 0 Å². The Morgan fingerprint density at radius 1 is 1.05 bits per heavy atom. The monoisotopic (exact) mass is 293 g/mol. The molecule has 2 aromatic carbocycles. The smallest absolute Gasteiger partial charge is 0.258 e. The van der Waals surface area contributed by atoms with E-state index in [9.17, 15) is 4.79 Å². The molecule has 3 aromatic rings. The van der Waals surface area contributed by atoms with Crippen molar-refractivity contribution in [3.05, 3.63) is 60.2 Å². The van der Waals surface area contributed by atoms with Gasteiger partial charge in [-0.15, -0.1) is 0 Å². The van der Waals surface area contributed by atoms with Crippen LogP contribution in [0.4, 0.5) is 0 Å². The van der Waals surface area contributed by atoms with Crippen LogP contribution in [0.2, 0.25) is 0 Å². The average molecular weight is 293 g/mol. The highest BCUT2D eigenvalue weighted by molar-refractivity contribution is 5.94. The van der Waals surface area contributed by atoms with Crippen molar-refractivity contribution in [2.45, 2.75) is 6.92 Å². The van der Waals surface area contributed by atoms with Gasteiger partial charge in [-0.25, -0.2) is 0 Å². The van der Waals surface area contributed by atoms with E-state index >= 15 is 0 Å². The zero-order valence-electron chi connectivity index (χ0n) is 12.1. The summed E-state index contributed by atoms with van der Waals surface area (Å²) < 4.78 is 5.29. The van der Waals surface area contributed by atoms with Gasteiger partial charge in [-0.2, -0.15) is 4.98 Å². The van der Waals surface area contributed by atoms with Gasteiger partial charge in [-0.3, -0.25) is 4.79 Å². The van der Waals surface area contributed by atoms with Crippen LogP contribution >= 0.6 is 0 Å². The van der Waals surface area contributed by atoms with Gasteiger partial charge in [0.05, 0.1) is 0 Å². The SMILES string of the molecule is CCNC(=O)c1ccc(-c2nc(-c3ccccc3)no2)cc1. The Bertz CT molecular complexity index is 764. The minimum absolute atomic E-state index is 0.0930. The fraction of sp³-hybridized carbons (Fsp3) is 0.118. The average Bonchev–Trinajstić information content (AvgIpc) is 3.06. The second-order valence-corrected chi connectivity index (χ2v) is 4.73. The molecule has 0 aliphatic heterocycles. The van der Waals surface area contributed by atoms with Crippen LogP contribution in [0.5, 0.6) is 0 Å². The van der Waals surface area contributed by atoms with E-state index in [4.69, 9.17) is 4.52 Å². The van der Waals surface area contributed by atoms with Gasteiger partial charge in [0.2, 0.25) is 5.82 Å². The molecule has 1 heterocycles. The molecule has 5 heteroatoms. The lowest BCUT2D eigenvalue weighted by Crippen LogP contribution is -2.22. The molecule has 0 bridgehead atoms. The maximum absolute atomic E-state index is 11.7. The molecule has 5 nitrogen and oxygen atoms in total. The highest BCUT2D eigenvalue weighted by Gasteiger charge is 2.11. The van der Waals surface area contributed by atoms with Gasteiger partial charge in [-0.1, -0.05) is 35.5 Å². The molecular formula is C17H15N3O2. The summed E-state index contributed by atoms with van der Waals surface area (Å²) in [6, 6.07) is 16.7. The molecule has 1 aromatic heterocycles. The largest absolute Gasteiger partial charge is 0.352 e. The van der Waals surface area contributed by atoms with Crippen molar-refractivity contribution in [1.82, 2.24) is 15.5 Å². The molecule has 110 valence electrons. The Balaban J connectivity index is 1.83. The number of nitrogens with zero attached hydrogens (tertiary/aromatic N) is 2. The first-order chi connectivity index (χ1) is 10.8. The fourth-order valence-corrected chi connectivity index (χ4v) is 2.07. The molecule has 0 spiro atoms. The lowest BCUT2D eigenvalue weighted by atomic mass is 10.1. The van der Waals surface area contributed by atoms with Gasteiger partial charge in [0.25, 0.3) is 11.8 Å². The number of amides is 1. The molecule has 0 saturated heterocycles. The van der Waals surface area contributed by atoms with E-state index in [0.717, 1.165) is 11.1 Å². The van der Waals surface area contributed by atoms with Crippen molar-refractivity contribution < 1.29 is 9.32 Å². The van der Waals surface area contributed by atoms with Crippen molar-refractivity contribution in [3.63, 3.8) is 0 Å². The van der Waals surface area contributed by atoms with E-state index in [1.807, 2.05) is 37.3 Å². The van der Waals surface area contributed by atoms with Crippen LogP contribution in [0.3, 0.4) is 0 Å². The zero-order chi connectivity index (χ0) is 15.4. The first-order valence-electron chi connectivity index (χ1n) is 7.05. The molecule has 0 aliphatic carbocycles. The van der Waals surface area contributed by atoms with E-state index in [1.165, 1.54) is 0 Å². The number of nitrogens with one attached hydrogen (secondary N) is 1. The molecule has 0 fully saturated rings. The van der Waals surface area contributed by atoms with Crippen molar-refractivity contribution in [2.24, 2.45) is 0 Å². The van der Waals surface area contributed by atoms with E-state index in [0.29, 0.717) is 23.8 Å². The molecule has 1 amide bonds. The molecule has 0 aliphatic rings. The number of benzene rings is 2. The van der Waals surface area contributed by atoms with E-state index in [1.54, 1.807) is 24.3 Å². The summed E-state index contributed by atoms with van der Waals surface area (Å²) in [7, 11) is 0. The standard InChI is InChI=1S/C17H15N3O2/c1-2-18-16(21)13-8-10-14(11-9-13)17-19-15(20-22-17)12-6-4-3-5-7-12/h3-11H,2H2,1H3,(H,18,21). The second-order valence-electron chi connectivity index (χ2n) is 4.73. The summed E-state index contributed by atoms with van der Waals surface area (Å²) in [5.41, 5.74) is 2.28. The molecule has 0 atom stereocenters. The van der Waals surface area contributed by atoms with Crippen molar-refractivity contribution in [1.29, 1.82) is 0 Å². The van der Waals surface area contributed by atoms with Gasteiger partial charge < -0.3 is 9.84 Å². The van der Waals surface area contributed by atoms with Gasteiger partial charge in [0.1, 0.15) is 0 Å². The molecule has 0 unspecified atom stereocenters. The summed E-state index contributed by atoms with van der Waals surface area (Å²) in [6.07, 6.45) is 0. The third-order valence-electron chi connectivity index (χ3n) is 3.19. The van der Waals surface area contributed by atoms with Crippen molar-refractivity contribution in [3.8, 4) is 22.8 Å². The van der Waals surface area contributed by atoms with Crippen LogP contribution in [0.1, 0.15) is 17.3 Å². The normalized spacial score (nSPS) is 10.4. The summed E-state index contributed by atoms with van der Waals surface area (Å²) in [5.74, 6) is 0.884. The number of carbonyl (C=O) groups excluding carboxylic acids is 1. The van der Waals surface area contributed by atoms with E-state index in [2.05, 4.69) is 15.5 Å². The summed E-state index contributed by atoms with van der Waals surface area (Å²) >= 11 is 0. The van der Waals surface area contributed by atoms with Crippen molar-refractivity contribution >= 4 is 5.91 Å². The predicted molar refractivity (Wildman–Crippen MR) is 83.2 cm³/mol. The van der Waals surface area contributed by atoms with Gasteiger partial charge in [-0.05, 0) is 31.2 Å². The van der Waals surface area contributed by atoms with E-state index in [-0.39, 0.29) is 5.91 Å². The summed E-state index contributed by atoms with van der Waals surface area (Å²) in [6.45, 7) is 2.49. The second kappa shape index (κ2) is 6.22. The fourth-order valence-electron chi connectivity index (χ4n) is 2.07. The highest BCUT2D eigenvalue weighted by Crippen LogP contribution is 2.22. The minimum atomic E-state index is -0.0930. The zero-order valence-corrected chi connectivity index (χ0v) is 12.1. The number of hydrogen-bond acceptors (Lipinski definition) is 4. The van der Waals surface area contributed by atoms with Crippen molar-refractivity contribution in [2.75, 3.05) is 6.54 Å². The maximum atomic E-state index is 11.7. The van der Waals surface area contributed by atoms with E-state index < -0.39 is 0 Å². The molecule has 0 radical (unpaired) electrons. The molecule has 22 heavy (non-hydrogen) atoms. The molecular weight excluding hydrogens is 278 g/mol. The first-order valence-corrected chi connectivity index (χ1v) is 7.05. The maximum Gasteiger partial charge on any atom is 0.258 e. The van der Waals surface area contributed by atoms with Crippen LogP contribution < -0.4 is 5.32 Å². The Morgan fingerprint density at radius 2 is 1.77 bits per heavy atom. The number of hydrogen-bond donors (Lipinski definition) is 1. The number of rotatable bonds is 4. The predicted octanol–water partition coefficient (Wildman–Crippen LogP) is 3.15. The first kappa shape index (κ1) is 14.0. The number of aromatic nitrogens is 2. The molecule has 0 saturated carbocycles. The lowest BCUT2D eigenvalue weighted by molar-refractivity contribution is 0.0956. The van der Waals surface area contributed by atoms with Crippen LogP contribution in [-0.4, -0.2) is 22.6 Å². The van der Waals surface area contributed by atoms with Crippen LogP contribution in [0.15, 0.2) is 59.1 Å². The van der Waals surface area contributed by atoms with Gasteiger partial charge in [0, 0.05) is 23.2 Å². The summed E-state index contributed by atoms with van der Waals surface area (Å²) in [4.78, 5) is 16.1. The Hall–Kier alpha value is -2.95. The lowest BCUT2D eigenvalue weighted by Gasteiger charge is -2.02. The third-order valence-corrected chi connectivity index (χ3v) is 3.19. The minimum Gasteiger partial charge on any atom is -0.352 e.